The van der Waals surface area contributed by atoms with Crippen LogP contribution >= 0.6 is 0 Å². The number of carbonyl (C=O) groups excluding carboxylic acids is 1. The fraction of sp³-hybridized carbons (Fsp3) is 0.727. The van der Waals surface area contributed by atoms with E-state index in [2.05, 4.69) is 19.1 Å². The number of Topliss-reactive ketones (excluding diaryl/α,β-unsaturated/α-hetero) is 1. The fourth-order valence-corrected chi connectivity index (χ4v) is 3.68. The number of hydrogen-bond donors (Lipinski definition) is 0. The molecular formula is C11H14O. The molecule has 1 heteroatoms. The molecule has 0 saturated heterocycles. The Bertz CT molecular complexity index is 279. The predicted molar refractivity (Wildman–Crippen MR) is 46.6 cm³/mol. The van der Waals surface area contributed by atoms with Crippen LogP contribution in [0.5, 0.6) is 0 Å². The molecule has 0 aliphatic heterocycles. The van der Waals surface area contributed by atoms with Crippen molar-refractivity contribution in [3.05, 3.63) is 12.2 Å². The molecule has 0 aromatic carbocycles. The average Bonchev–Trinajstić information content (AvgIpc) is 2.63. The lowest BCUT2D eigenvalue weighted by molar-refractivity contribution is -0.122. The molecule has 3 aliphatic carbocycles. The first kappa shape index (κ1) is 6.88. The first-order valence-corrected chi connectivity index (χ1v) is 4.93. The lowest BCUT2D eigenvalue weighted by atomic mass is 9.72. The minimum Gasteiger partial charge on any atom is -0.299 e. The summed E-state index contributed by atoms with van der Waals surface area (Å²) in [5, 5.41) is 0. The molecule has 0 amide bonds. The molecule has 3 aliphatic rings. The van der Waals surface area contributed by atoms with Crippen LogP contribution in [0.2, 0.25) is 0 Å². The van der Waals surface area contributed by atoms with Gasteiger partial charge in [-0.2, -0.15) is 0 Å². The molecule has 0 heterocycles. The molecule has 1 nitrogen and oxygen atoms in total. The van der Waals surface area contributed by atoms with Gasteiger partial charge in [0.05, 0.1) is 0 Å². The second-order valence-electron chi connectivity index (χ2n) is 4.84. The Morgan fingerprint density at radius 3 is 3.08 bits per heavy atom. The second-order valence-corrected chi connectivity index (χ2v) is 4.84. The highest BCUT2D eigenvalue weighted by Gasteiger charge is 2.58. The van der Waals surface area contributed by atoms with Crippen LogP contribution in [0.15, 0.2) is 12.2 Å². The van der Waals surface area contributed by atoms with Crippen LogP contribution in [0.1, 0.15) is 26.2 Å². The molecule has 3 rings (SSSR count). The van der Waals surface area contributed by atoms with Crippen molar-refractivity contribution >= 4 is 5.78 Å². The van der Waals surface area contributed by atoms with Crippen LogP contribution in [-0.4, -0.2) is 5.78 Å². The summed E-state index contributed by atoms with van der Waals surface area (Å²) in [6, 6.07) is 0. The third-order valence-corrected chi connectivity index (χ3v) is 4.36. The quantitative estimate of drug-likeness (QED) is 0.499. The minimum absolute atomic E-state index is 0.358. The van der Waals surface area contributed by atoms with Crippen molar-refractivity contribution in [1.82, 2.24) is 0 Å². The zero-order valence-electron chi connectivity index (χ0n) is 7.42. The Labute approximate surface area is 72.8 Å². The summed E-state index contributed by atoms with van der Waals surface area (Å²) in [6.45, 7) is 2.32. The Kier molecular flexibility index (Phi) is 1.05. The molecule has 12 heavy (non-hydrogen) atoms. The van der Waals surface area contributed by atoms with Gasteiger partial charge in [0.15, 0.2) is 0 Å². The fourth-order valence-electron chi connectivity index (χ4n) is 3.68. The number of fused-ring (bicyclic) bond motifs is 5. The SMILES string of the molecule is C[C@@]12CCC(=O)[C@@H]1[C@@H]1C=C[C@H]2C1. The van der Waals surface area contributed by atoms with Crippen molar-refractivity contribution in [3.8, 4) is 0 Å². The highest BCUT2D eigenvalue weighted by molar-refractivity contribution is 5.85. The van der Waals surface area contributed by atoms with E-state index in [0.29, 0.717) is 23.0 Å². The molecule has 64 valence electrons. The Morgan fingerprint density at radius 2 is 2.33 bits per heavy atom. The third-order valence-electron chi connectivity index (χ3n) is 4.36. The van der Waals surface area contributed by atoms with E-state index in [9.17, 15) is 4.79 Å². The summed E-state index contributed by atoms with van der Waals surface area (Å²) in [5.74, 6) is 2.26. The number of allylic oxidation sites excluding steroid dienone is 2. The van der Waals surface area contributed by atoms with E-state index in [1.54, 1.807) is 0 Å². The highest BCUT2D eigenvalue weighted by Crippen LogP contribution is 2.61. The zero-order chi connectivity index (χ0) is 8.34. The number of ketones is 1. The molecule has 0 radical (unpaired) electrons. The number of hydrogen-bond acceptors (Lipinski definition) is 1. The van der Waals surface area contributed by atoms with E-state index in [1.807, 2.05) is 0 Å². The van der Waals surface area contributed by atoms with Crippen molar-refractivity contribution in [1.29, 1.82) is 0 Å². The lowest BCUT2D eigenvalue weighted by Crippen LogP contribution is -2.29. The maximum absolute atomic E-state index is 11.6. The summed E-state index contributed by atoms with van der Waals surface area (Å²) in [6.07, 6.45) is 7.87. The molecule has 0 unspecified atom stereocenters. The summed E-state index contributed by atoms with van der Waals surface area (Å²) < 4.78 is 0. The van der Waals surface area contributed by atoms with Gasteiger partial charge < -0.3 is 0 Å². The first-order chi connectivity index (χ1) is 5.72. The van der Waals surface area contributed by atoms with Gasteiger partial charge in [0.2, 0.25) is 0 Å². The molecule has 0 aromatic heterocycles. The lowest BCUT2D eigenvalue weighted by Gasteiger charge is -2.31. The van der Waals surface area contributed by atoms with Crippen molar-refractivity contribution in [2.24, 2.45) is 23.2 Å². The molecular weight excluding hydrogens is 148 g/mol. The molecule has 2 bridgehead atoms. The summed E-state index contributed by atoms with van der Waals surface area (Å²) in [4.78, 5) is 11.6. The molecule has 0 spiro atoms. The van der Waals surface area contributed by atoms with E-state index in [1.165, 1.54) is 6.42 Å². The average molecular weight is 162 g/mol. The second kappa shape index (κ2) is 1.84. The van der Waals surface area contributed by atoms with Gasteiger partial charge in [0, 0.05) is 12.3 Å². The van der Waals surface area contributed by atoms with Gasteiger partial charge in [0.25, 0.3) is 0 Å². The Morgan fingerprint density at radius 1 is 1.50 bits per heavy atom. The van der Waals surface area contributed by atoms with Crippen LogP contribution in [0, 0.1) is 23.2 Å². The van der Waals surface area contributed by atoms with Gasteiger partial charge in [-0.1, -0.05) is 19.1 Å². The van der Waals surface area contributed by atoms with E-state index < -0.39 is 0 Å². The smallest absolute Gasteiger partial charge is 0.137 e. The van der Waals surface area contributed by atoms with Crippen LogP contribution in [0.4, 0.5) is 0 Å². The highest BCUT2D eigenvalue weighted by atomic mass is 16.1. The molecule has 2 fully saturated rings. The normalized spacial score (nSPS) is 55.1. The minimum atomic E-state index is 0.358. The van der Waals surface area contributed by atoms with E-state index in [4.69, 9.17) is 0 Å². The summed E-state index contributed by atoms with van der Waals surface area (Å²) in [7, 11) is 0. The Balaban J connectivity index is 2.10. The molecule has 2 saturated carbocycles. The van der Waals surface area contributed by atoms with Crippen molar-refractivity contribution in [2.45, 2.75) is 26.2 Å². The number of carbonyl (C=O) groups is 1. The van der Waals surface area contributed by atoms with Crippen LogP contribution in [-0.2, 0) is 4.79 Å². The maximum atomic E-state index is 11.6. The van der Waals surface area contributed by atoms with Crippen LogP contribution < -0.4 is 0 Å². The Hall–Kier alpha value is -0.590. The van der Waals surface area contributed by atoms with Gasteiger partial charge >= 0.3 is 0 Å². The van der Waals surface area contributed by atoms with Gasteiger partial charge in [0.1, 0.15) is 5.78 Å². The predicted octanol–water partition coefficient (Wildman–Crippen LogP) is 2.18. The largest absolute Gasteiger partial charge is 0.299 e. The number of rotatable bonds is 0. The van der Waals surface area contributed by atoms with Crippen LogP contribution in [0.3, 0.4) is 0 Å². The third kappa shape index (κ3) is 0.562. The first-order valence-electron chi connectivity index (χ1n) is 4.93. The van der Waals surface area contributed by atoms with Crippen molar-refractivity contribution < 1.29 is 4.79 Å². The van der Waals surface area contributed by atoms with Crippen molar-refractivity contribution in [2.75, 3.05) is 0 Å². The molecule has 4 atom stereocenters. The zero-order valence-corrected chi connectivity index (χ0v) is 7.42. The molecule has 0 N–H and O–H groups in total. The van der Waals surface area contributed by atoms with Gasteiger partial charge in [-0.15, -0.1) is 0 Å². The van der Waals surface area contributed by atoms with Crippen molar-refractivity contribution in [3.63, 3.8) is 0 Å². The standard InChI is InChI=1S/C11H14O/c1-11-5-4-9(12)10(11)7-2-3-8(11)6-7/h2-3,7-8,10H,4-6H2,1H3/t7-,8+,10+,11+/m1/s1. The summed E-state index contributed by atoms with van der Waals surface area (Å²) in [5.41, 5.74) is 0.358. The van der Waals surface area contributed by atoms with Crippen LogP contribution in [0.25, 0.3) is 0 Å². The van der Waals surface area contributed by atoms with Gasteiger partial charge in [-0.25, -0.2) is 0 Å². The monoisotopic (exact) mass is 162 g/mol. The van der Waals surface area contributed by atoms with Gasteiger partial charge in [-0.3, -0.25) is 4.79 Å². The van der Waals surface area contributed by atoms with E-state index >= 15 is 0 Å². The van der Waals surface area contributed by atoms with E-state index in [0.717, 1.165) is 18.8 Å². The van der Waals surface area contributed by atoms with Gasteiger partial charge in [-0.05, 0) is 30.1 Å². The molecule has 0 aromatic rings. The van der Waals surface area contributed by atoms with E-state index in [-0.39, 0.29) is 0 Å². The topological polar surface area (TPSA) is 17.1 Å². The summed E-state index contributed by atoms with van der Waals surface area (Å²) >= 11 is 0. The maximum Gasteiger partial charge on any atom is 0.137 e.